The number of hydrogen-bond donors (Lipinski definition) is 1. The average Bonchev–Trinajstić information content (AvgIpc) is 2.45. The lowest BCUT2D eigenvalue weighted by Crippen LogP contribution is -2.35. The van der Waals surface area contributed by atoms with Crippen molar-refractivity contribution < 1.29 is 4.74 Å². The van der Waals surface area contributed by atoms with Gasteiger partial charge in [-0.15, -0.1) is 0 Å². The second-order valence-electron chi connectivity index (χ2n) is 5.91. The molecule has 1 aliphatic heterocycles. The molecule has 1 unspecified atom stereocenters. The van der Waals surface area contributed by atoms with E-state index in [-0.39, 0.29) is 0 Å². The molecule has 1 fully saturated rings. The van der Waals surface area contributed by atoms with Crippen LogP contribution in [-0.4, -0.2) is 19.2 Å². The predicted octanol–water partition coefficient (Wildman–Crippen LogP) is 4.02. The Morgan fingerprint density at radius 3 is 2.78 bits per heavy atom. The van der Waals surface area contributed by atoms with Gasteiger partial charge in [0.05, 0.1) is 12.9 Å². The molecule has 1 N–H and O–H groups in total. The van der Waals surface area contributed by atoms with Gasteiger partial charge in [0.2, 0.25) is 0 Å². The maximum absolute atomic E-state index is 5.53. The van der Waals surface area contributed by atoms with E-state index < -0.39 is 0 Å². The minimum atomic E-state index is 0.577. The Kier molecular flexibility index (Phi) is 6.06. The molecule has 0 aromatic rings. The third-order valence-electron chi connectivity index (χ3n) is 4.34. The van der Waals surface area contributed by atoms with Gasteiger partial charge in [-0.25, -0.2) is 0 Å². The highest BCUT2D eigenvalue weighted by Crippen LogP contribution is 2.30. The van der Waals surface area contributed by atoms with Crippen molar-refractivity contribution in [1.82, 2.24) is 5.32 Å². The van der Waals surface area contributed by atoms with Gasteiger partial charge in [-0.2, -0.15) is 0 Å². The zero-order valence-electron chi connectivity index (χ0n) is 11.9. The van der Waals surface area contributed by atoms with Crippen molar-refractivity contribution >= 4 is 0 Å². The maximum atomic E-state index is 5.53. The van der Waals surface area contributed by atoms with Crippen LogP contribution in [0.3, 0.4) is 0 Å². The van der Waals surface area contributed by atoms with E-state index in [4.69, 9.17) is 4.74 Å². The normalized spacial score (nSPS) is 23.3. The summed E-state index contributed by atoms with van der Waals surface area (Å²) in [6.07, 6.45) is 14.2. The molecule has 0 spiro atoms. The van der Waals surface area contributed by atoms with Gasteiger partial charge in [-0.05, 0) is 43.7 Å². The quantitative estimate of drug-likeness (QED) is 0.770. The lowest BCUT2D eigenvalue weighted by molar-refractivity contribution is 0.214. The monoisotopic (exact) mass is 251 g/mol. The highest BCUT2D eigenvalue weighted by molar-refractivity contribution is 5.10. The third-order valence-corrected chi connectivity index (χ3v) is 4.34. The molecule has 0 radical (unpaired) electrons. The Morgan fingerprint density at radius 2 is 2.11 bits per heavy atom. The van der Waals surface area contributed by atoms with Crippen LogP contribution in [0.1, 0.15) is 64.7 Å². The molecule has 1 aliphatic carbocycles. The molecule has 0 amide bonds. The molecule has 2 rings (SSSR count). The smallest absolute Gasteiger partial charge is 0.0876 e. The molecule has 0 bridgehead atoms. The van der Waals surface area contributed by atoms with Crippen molar-refractivity contribution in [2.75, 3.05) is 13.2 Å². The van der Waals surface area contributed by atoms with Gasteiger partial charge in [-0.1, -0.05) is 39.0 Å². The van der Waals surface area contributed by atoms with Gasteiger partial charge in [-0.3, -0.25) is 0 Å². The molecule has 2 heteroatoms. The highest BCUT2D eigenvalue weighted by atomic mass is 16.5. The fourth-order valence-corrected chi connectivity index (χ4v) is 3.28. The number of rotatable bonds is 6. The Hall–Kier alpha value is -0.500. The van der Waals surface area contributed by atoms with Gasteiger partial charge in [0.1, 0.15) is 0 Å². The molecule has 0 aromatic carbocycles. The zero-order chi connectivity index (χ0) is 12.6. The van der Waals surface area contributed by atoms with E-state index in [1.165, 1.54) is 63.4 Å². The summed E-state index contributed by atoms with van der Waals surface area (Å²) in [7, 11) is 0. The van der Waals surface area contributed by atoms with Gasteiger partial charge in [0.15, 0.2) is 0 Å². The van der Waals surface area contributed by atoms with Crippen LogP contribution >= 0.6 is 0 Å². The first-order valence-corrected chi connectivity index (χ1v) is 7.94. The Labute approximate surface area is 112 Å². The molecule has 1 saturated carbocycles. The van der Waals surface area contributed by atoms with E-state index in [2.05, 4.69) is 12.2 Å². The summed E-state index contributed by atoms with van der Waals surface area (Å²) in [5.74, 6) is 0.941. The van der Waals surface area contributed by atoms with Crippen LogP contribution in [0.25, 0.3) is 0 Å². The molecule has 18 heavy (non-hydrogen) atoms. The van der Waals surface area contributed by atoms with E-state index in [9.17, 15) is 0 Å². The van der Waals surface area contributed by atoms with Crippen molar-refractivity contribution in [1.29, 1.82) is 0 Å². The minimum absolute atomic E-state index is 0.577. The first-order valence-electron chi connectivity index (χ1n) is 7.94. The van der Waals surface area contributed by atoms with E-state index in [0.717, 1.165) is 19.1 Å². The van der Waals surface area contributed by atoms with Crippen LogP contribution in [0.2, 0.25) is 0 Å². The van der Waals surface area contributed by atoms with Crippen LogP contribution < -0.4 is 5.32 Å². The molecule has 2 nitrogen and oxygen atoms in total. The van der Waals surface area contributed by atoms with Gasteiger partial charge in [0.25, 0.3) is 0 Å². The van der Waals surface area contributed by atoms with E-state index in [0.29, 0.717) is 6.04 Å². The predicted molar refractivity (Wildman–Crippen MR) is 76.5 cm³/mol. The minimum Gasteiger partial charge on any atom is -0.501 e. The van der Waals surface area contributed by atoms with Crippen LogP contribution in [0.4, 0.5) is 0 Å². The Bertz CT molecular complexity index is 256. The third kappa shape index (κ3) is 4.31. The summed E-state index contributed by atoms with van der Waals surface area (Å²) in [6, 6.07) is 0.577. The number of ether oxygens (including phenoxy) is 1. The van der Waals surface area contributed by atoms with Gasteiger partial charge in [0, 0.05) is 6.04 Å². The molecule has 1 heterocycles. The summed E-state index contributed by atoms with van der Waals surface area (Å²) in [6.45, 7) is 4.29. The first-order chi connectivity index (χ1) is 8.90. The summed E-state index contributed by atoms with van der Waals surface area (Å²) >= 11 is 0. The van der Waals surface area contributed by atoms with E-state index in [1.807, 2.05) is 6.26 Å². The first kappa shape index (κ1) is 13.9. The molecular formula is C16H29NO. The standard InChI is InChI=1S/C16H29NO/c1-2-10-17-16(15-9-6-11-18-13-15)12-14-7-4-3-5-8-14/h13-14,16-17H,2-12H2,1H3. The second-order valence-corrected chi connectivity index (χ2v) is 5.91. The molecular weight excluding hydrogens is 222 g/mol. The SMILES string of the molecule is CCCNC(CC1CCCCC1)C1=COCCC1. The van der Waals surface area contributed by atoms with Crippen molar-refractivity contribution in [3.8, 4) is 0 Å². The summed E-state index contributed by atoms with van der Waals surface area (Å²) in [5, 5.41) is 3.74. The van der Waals surface area contributed by atoms with Crippen LogP contribution in [0.15, 0.2) is 11.8 Å². The fourth-order valence-electron chi connectivity index (χ4n) is 3.28. The molecule has 1 atom stereocenters. The van der Waals surface area contributed by atoms with Crippen LogP contribution in [0, 0.1) is 5.92 Å². The van der Waals surface area contributed by atoms with E-state index in [1.54, 1.807) is 0 Å². The lowest BCUT2D eigenvalue weighted by atomic mass is 9.82. The van der Waals surface area contributed by atoms with E-state index >= 15 is 0 Å². The summed E-state index contributed by atoms with van der Waals surface area (Å²) in [4.78, 5) is 0. The topological polar surface area (TPSA) is 21.3 Å². The Balaban J connectivity index is 1.88. The molecule has 0 aromatic heterocycles. The molecule has 104 valence electrons. The van der Waals surface area contributed by atoms with Gasteiger partial charge < -0.3 is 10.1 Å². The van der Waals surface area contributed by atoms with Crippen LogP contribution in [-0.2, 0) is 4.74 Å². The largest absolute Gasteiger partial charge is 0.501 e. The zero-order valence-corrected chi connectivity index (χ0v) is 11.9. The molecule has 2 aliphatic rings. The average molecular weight is 251 g/mol. The maximum Gasteiger partial charge on any atom is 0.0876 e. The Morgan fingerprint density at radius 1 is 1.28 bits per heavy atom. The lowest BCUT2D eigenvalue weighted by Gasteiger charge is -2.30. The van der Waals surface area contributed by atoms with Crippen molar-refractivity contribution in [3.05, 3.63) is 11.8 Å². The number of hydrogen-bond acceptors (Lipinski definition) is 2. The highest BCUT2D eigenvalue weighted by Gasteiger charge is 2.22. The summed E-state index contributed by atoms with van der Waals surface area (Å²) < 4.78 is 5.53. The fraction of sp³-hybridized carbons (Fsp3) is 0.875. The van der Waals surface area contributed by atoms with Gasteiger partial charge >= 0.3 is 0 Å². The van der Waals surface area contributed by atoms with Crippen molar-refractivity contribution in [3.63, 3.8) is 0 Å². The molecule has 0 saturated heterocycles. The summed E-state index contributed by atoms with van der Waals surface area (Å²) in [5.41, 5.74) is 1.51. The van der Waals surface area contributed by atoms with Crippen molar-refractivity contribution in [2.24, 2.45) is 5.92 Å². The van der Waals surface area contributed by atoms with Crippen LogP contribution in [0.5, 0.6) is 0 Å². The second kappa shape index (κ2) is 7.83. The number of nitrogens with one attached hydrogen (secondary N) is 1. The van der Waals surface area contributed by atoms with Crippen molar-refractivity contribution in [2.45, 2.75) is 70.8 Å².